The van der Waals surface area contributed by atoms with Crippen LogP contribution in [0.1, 0.15) is 91.4 Å². The Balaban J connectivity index is 2.22. The van der Waals surface area contributed by atoms with Gasteiger partial charge < -0.3 is 4.90 Å². The normalized spacial score (nSPS) is 12.7. The van der Waals surface area contributed by atoms with Gasteiger partial charge in [-0.2, -0.15) is 18.8 Å². The van der Waals surface area contributed by atoms with Gasteiger partial charge in [0, 0.05) is 24.5 Å². The summed E-state index contributed by atoms with van der Waals surface area (Å²) in [6.07, 6.45) is 2.25. The van der Waals surface area contributed by atoms with Crippen LogP contribution in [0.25, 0.3) is 0 Å². The zero-order valence-corrected chi connectivity index (χ0v) is 28.2. The number of carbonyl (C=O) groups is 2. The highest BCUT2D eigenvalue weighted by atomic mass is 35.5. The molecule has 1 heterocycles. The minimum absolute atomic E-state index is 0.0101. The molecule has 0 aliphatic rings. The summed E-state index contributed by atoms with van der Waals surface area (Å²) in [4.78, 5) is 29.6. The molecule has 0 spiro atoms. The van der Waals surface area contributed by atoms with E-state index in [2.05, 4.69) is 37.2 Å². The molecule has 3 rings (SSSR count). The average molecular weight is 652 g/mol. The molecule has 0 aliphatic carbocycles. The van der Waals surface area contributed by atoms with Crippen LogP contribution in [0.15, 0.2) is 70.0 Å². The van der Waals surface area contributed by atoms with Crippen LogP contribution < -0.4 is 5.49 Å². The van der Waals surface area contributed by atoms with Gasteiger partial charge in [-0.3, -0.25) is 9.59 Å². The fourth-order valence-electron chi connectivity index (χ4n) is 4.57. The van der Waals surface area contributed by atoms with Crippen molar-refractivity contribution < 1.29 is 18.0 Å². The lowest BCUT2D eigenvalue weighted by molar-refractivity contribution is 0.0727. The van der Waals surface area contributed by atoms with E-state index in [0.29, 0.717) is 42.5 Å². The number of sulfonamides is 1. The lowest BCUT2D eigenvalue weighted by Gasteiger charge is -2.25. The number of rotatable bonds is 15. The average Bonchev–Trinajstić information content (AvgIpc) is 3.01. The maximum atomic E-state index is 14.0. The molecule has 0 aliphatic heterocycles. The quantitative estimate of drug-likeness (QED) is 0.140. The second kappa shape index (κ2) is 16.5. The number of carbonyl (C=O) groups excluding carboxylic acids is 2. The Hall–Kier alpha value is -3.81. The first kappa shape index (κ1) is 35.7. The summed E-state index contributed by atoms with van der Waals surface area (Å²) in [5.74, 6) is 0.348. The monoisotopic (exact) mass is 651 g/mol. The second-order valence-corrected chi connectivity index (χ2v) is 13.9. The molecule has 11 heteroatoms. The molecule has 0 fully saturated rings. The molecule has 2 aromatic carbocycles. The topological polar surface area (TPSA) is 125 Å². The van der Waals surface area contributed by atoms with Crippen molar-refractivity contribution in [3.63, 3.8) is 0 Å². The van der Waals surface area contributed by atoms with Gasteiger partial charge in [-0.25, -0.2) is 4.68 Å². The van der Waals surface area contributed by atoms with Gasteiger partial charge in [0.15, 0.2) is 11.3 Å². The third-order valence-electron chi connectivity index (χ3n) is 7.34. The molecule has 1 atom stereocenters. The number of hydrogen-bond acceptors (Lipinski definition) is 6. The number of Topliss-reactive ketones (excluding diaryl/α,β-unsaturated/α-hetero) is 1. The van der Waals surface area contributed by atoms with Gasteiger partial charge in [0.25, 0.3) is 15.9 Å². The first-order chi connectivity index (χ1) is 21.4. The van der Waals surface area contributed by atoms with Crippen LogP contribution in [0.2, 0.25) is 0 Å². The first-order valence-corrected chi connectivity index (χ1v) is 17.2. The van der Waals surface area contributed by atoms with Gasteiger partial charge in [-0.15, -0.1) is 16.0 Å². The van der Waals surface area contributed by atoms with E-state index in [1.54, 1.807) is 41.3 Å². The van der Waals surface area contributed by atoms with Crippen molar-refractivity contribution in [2.75, 3.05) is 19.0 Å². The molecule has 1 amide bonds. The second-order valence-electron chi connectivity index (χ2n) is 12.0. The fraction of sp³-hybridized carbons (Fsp3) is 0.441. The van der Waals surface area contributed by atoms with E-state index in [0.717, 1.165) is 18.4 Å². The molecule has 0 radical (unpaired) electrons. The first-order valence-electron chi connectivity index (χ1n) is 15.2. The van der Waals surface area contributed by atoms with E-state index < -0.39 is 16.1 Å². The molecular formula is C34H42ClN5O4S. The summed E-state index contributed by atoms with van der Waals surface area (Å²) in [5.41, 5.74) is 1.58. The molecule has 1 aromatic heterocycles. The third kappa shape index (κ3) is 10.1. The van der Waals surface area contributed by atoms with Crippen molar-refractivity contribution in [1.29, 1.82) is 5.26 Å². The largest absolute Gasteiger partial charge is 0.337 e. The minimum Gasteiger partial charge on any atom is -0.337 e. The van der Waals surface area contributed by atoms with Crippen LogP contribution in [-0.2, 0) is 10.0 Å². The molecule has 240 valence electrons. The summed E-state index contributed by atoms with van der Waals surface area (Å²) in [5, 5.41) is 13.8. The Labute approximate surface area is 271 Å². The number of hydrogen-bond donors (Lipinski definition) is 0. The van der Waals surface area contributed by atoms with Crippen molar-refractivity contribution in [2.45, 2.75) is 71.2 Å². The van der Waals surface area contributed by atoms with Crippen LogP contribution in [-0.4, -0.2) is 53.8 Å². The van der Waals surface area contributed by atoms with E-state index in [9.17, 15) is 23.3 Å². The van der Waals surface area contributed by atoms with E-state index in [1.165, 1.54) is 28.9 Å². The number of ketones is 1. The van der Waals surface area contributed by atoms with Gasteiger partial charge in [-0.05, 0) is 80.8 Å². The van der Waals surface area contributed by atoms with Crippen molar-refractivity contribution >= 4 is 33.3 Å². The Bertz CT molecular complexity index is 1660. The zero-order chi connectivity index (χ0) is 33.1. The van der Waals surface area contributed by atoms with Crippen molar-refractivity contribution in [3.8, 4) is 6.07 Å². The molecule has 0 saturated heterocycles. The number of nitrogens with zero attached hydrogens (tertiary/aromatic N) is 5. The summed E-state index contributed by atoms with van der Waals surface area (Å²) in [6.45, 7) is 11.3. The molecule has 3 aromatic rings. The third-order valence-corrected chi connectivity index (χ3v) is 8.90. The number of amides is 1. The smallest absolute Gasteiger partial charge is 0.284 e. The van der Waals surface area contributed by atoms with Crippen LogP contribution in [0, 0.1) is 30.1 Å². The minimum atomic E-state index is -4.20. The van der Waals surface area contributed by atoms with Gasteiger partial charge in [0.1, 0.15) is 11.7 Å². The van der Waals surface area contributed by atoms with Gasteiger partial charge in [0.2, 0.25) is 0 Å². The van der Waals surface area contributed by atoms with Crippen LogP contribution in [0.4, 0.5) is 0 Å². The van der Waals surface area contributed by atoms with Crippen molar-refractivity contribution in [1.82, 2.24) is 14.7 Å². The summed E-state index contributed by atoms with van der Waals surface area (Å²) < 4.78 is 32.2. The number of halogens is 1. The Morgan fingerprint density at radius 2 is 1.53 bits per heavy atom. The number of aryl methyl sites for hydroxylation is 1. The lowest BCUT2D eigenvalue weighted by Crippen LogP contribution is -2.38. The molecule has 1 unspecified atom stereocenters. The fourth-order valence-corrected chi connectivity index (χ4v) is 5.70. The number of nitriles is 1. The zero-order valence-electron chi connectivity index (χ0n) is 26.6. The standard InChI is InChI=1S/C34H42ClN5O4S/c1-24(2)18-21-39(22-19-25(3)4)34(42)30-16-17-32(38-45(43,44)29-14-8-26(5)9-15-29)40(37-30)31(7-6-20-35)33(41)28-12-10-27(23-36)11-13-28/h8-17,24-25,31H,6-7,18-22H2,1-5H3/b38-32+. The van der Waals surface area contributed by atoms with Crippen molar-refractivity contribution in [3.05, 3.63) is 88.5 Å². The molecule has 0 bridgehead atoms. The van der Waals surface area contributed by atoms with E-state index >= 15 is 0 Å². The van der Waals surface area contributed by atoms with Crippen molar-refractivity contribution in [2.24, 2.45) is 16.2 Å². The summed E-state index contributed by atoms with van der Waals surface area (Å²) in [7, 11) is -4.20. The predicted molar refractivity (Wildman–Crippen MR) is 175 cm³/mol. The Morgan fingerprint density at radius 3 is 2.07 bits per heavy atom. The highest BCUT2D eigenvalue weighted by Gasteiger charge is 2.27. The maximum Gasteiger partial charge on any atom is 0.284 e. The molecule has 45 heavy (non-hydrogen) atoms. The predicted octanol–water partition coefficient (Wildman–Crippen LogP) is 6.33. The Kier molecular flexibility index (Phi) is 13.1. The summed E-state index contributed by atoms with van der Waals surface area (Å²) in [6, 6.07) is 16.4. The SMILES string of the molecule is Cc1ccc(S(=O)(=O)/N=c2\ccc(C(=O)N(CCC(C)C)CCC(C)C)nn2C(CCCCl)C(=O)c2ccc(C#N)cc2)cc1. The maximum absolute atomic E-state index is 14.0. The van der Waals surface area contributed by atoms with Gasteiger partial charge in [-0.1, -0.05) is 57.5 Å². The number of alkyl halides is 1. The summed E-state index contributed by atoms with van der Waals surface area (Å²) >= 11 is 6.05. The van der Waals surface area contributed by atoms with Gasteiger partial charge >= 0.3 is 0 Å². The molecule has 0 N–H and O–H groups in total. The van der Waals surface area contributed by atoms with Crippen LogP contribution >= 0.6 is 11.6 Å². The van der Waals surface area contributed by atoms with E-state index in [-0.39, 0.29) is 40.1 Å². The Morgan fingerprint density at radius 1 is 0.933 bits per heavy atom. The number of aromatic nitrogens is 2. The number of benzene rings is 2. The van der Waals surface area contributed by atoms with Gasteiger partial charge in [0.05, 0.1) is 16.5 Å². The highest BCUT2D eigenvalue weighted by molar-refractivity contribution is 7.90. The van der Waals surface area contributed by atoms with Crippen LogP contribution in [0.3, 0.4) is 0 Å². The van der Waals surface area contributed by atoms with E-state index in [4.69, 9.17) is 11.6 Å². The molecule has 0 saturated carbocycles. The lowest BCUT2D eigenvalue weighted by atomic mass is 9.99. The molecule has 9 nitrogen and oxygen atoms in total. The highest BCUT2D eigenvalue weighted by Crippen LogP contribution is 2.21. The molecular weight excluding hydrogens is 610 g/mol. The van der Waals surface area contributed by atoms with E-state index in [1.807, 2.05) is 13.0 Å². The van der Waals surface area contributed by atoms with Crippen LogP contribution in [0.5, 0.6) is 0 Å².